The van der Waals surface area contributed by atoms with Crippen LogP contribution in [-0.2, 0) is 24.0 Å². The van der Waals surface area contributed by atoms with Crippen molar-refractivity contribution in [1.82, 2.24) is 4.57 Å². The number of hydrogen-bond donors (Lipinski definition) is 2. The molecule has 0 aromatic carbocycles. The first-order valence-corrected chi connectivity index (χ1v) is 6.30. The molecule has 1 aromatic rings. The molecule has 0 unspecified atom stereocenters. The van der Waals surface area contributed by atoms with Gasteiger partial charge in [0.2, 0.25) is 10.4 Å². The number of rotatable bonds is 2. The van der Waals surface area contributed by atoms with E-state index in [4.69, 9.17) is 22.6 Å². The molecule has 2 N–H and O–H groups in total. The lowest BCUT2D eigenvalue weighted by Crippen LogP contribution is -2.54. The molecule has 8 nitrogen and oxygen atoms in total. The molecule has 0 spiro atoms. The minimum atomic E-state index is -4.92. The molecule has 0 aliphatic heterocycles. The highest BCUT2D eigenvalue weighted by Crippen LogP contribution is 1.94. The summed E-state index contributed by atoms with van der Waals surface area (Å²) in [6.45, 7) is 4.10. The van der Waals surface area contributed by atoms with Gasteiger partial charge in [0.05, 0.1) is 13.7 Å². The first kappa shape index (κ1) is 16.7. The Labute approximate surface area is 105 Å². The summed E-state index contributed by atoms with van der Waals surface area (Å²) < 4.78 is 36.0. The minimum Gasteiger partial charge on any atom is -0.726 e. The normalized spacial score (nSPS) is 10.8. The molecule has 0 saturated heterocycles. The van der Waals surface area contributed by atoms with Crippen LogP contribution in [0.4, 0.5) is 0 Å². The molecule has 1 heterocycles. The quantitative estimate of drug-likeness (QED) is 0.377. The molecule has 0 fully saturated rings. The van der Waals surface area contributed by atoms with Gasteiger partial charge in [-0.3, -0.25) is 4.55 Å². The van der Waals surface area contributed by atoms with E-state index in [1.54, 1.807) is 16.2 Å². The predicted octanol–water partition coefficient (Wildman–Crippen LogP) is -1.71. The molecule has 0 aliphatic carbocycles. The topological polar surface area (TPSA) is 124 Å². The van der Waals surface area contributed by atoms with Gasteiger partial charge < -0.3 is 9.66 Å². The second-order valence-electron chi connectivity index (χ2n) is 3.57. The van der Waals surface area contributed by atoms with Gasteiger partial charge in [-0.2, -0.15) is 13.9 Å². The van der Waals surface area contributed by atoms with E-state index in [0.29, 0.717) is 6.54 Å². The van der Waals surface area contributed by atoms with E-state index in [0.717, 1.165) is 11.4 Å². The summed E-state index contributed by atoms with van der Waals surface area (Å²) in [5.74, 6) is 0. The maximum Gasteiger partial charge on any atom is 0.498 e. The zero-order valence-electron chi connectivity index (χ0n) is 10.3. The Bertz CT molecular complexity index is 555. The highest BCUT2D eigenvalue weighted by molar-refractivity contribution is 7.79. The Morgan fingerprint density at radius 1 is 1.44 bits per heavy atom. The Morgan fingerprint density at radius 2 is 1.89 bits per heavy atom. The number of aliphatic hydroxyl groups excluding tert-OH is 1. The van der Waals surface area contributed by atoms with Crippen LogP contribution in [0.5, 0.6) is 0 Å². The van der Waals surface area contributed by atoms with E-state index in [1.807, 2.05) is 19.9 Å². The average molecular weight is 280 g/mol. The Balaban J connectivity index is 0.000000494. The van der Waals surface area contributed by atoms with Gasteiger partial charge in [0, 0.05) is 6.07 Å². The van der Waals surface area contributed by atoms with E-state index >= 15 is 0 Å². The third kappa shape index (κ3) is 5.87. The molecule has 1 rings (SSSR count). The van der Waals surface area contributed by atoms with Gasteiger partial charge in [-0.15, -0.1) is 0 Å². The fourth-order valence-electron chi connectivity index (χ4n) is 1.33. The van der Waals surface area contributed by atoms with Gasteiger partial charge >= 0.3 is 5.69 Å². The zero-order chi connectivity index (χ0) is 14.5. The van der Waals surface area contributed by atoms with Gasteiger partial charge in [0.25, 0.3) is 0 Å². The van der Waals surface area contributed by atoms with Crippen LogP contribution < -0.4 is 10.3 Å². The summed E-state index contributed by atoms with van der Waals surface area (Å²) in [7, 11) is -3.19. The van der Waals surface area contributed by atoms with Crippen molar-refractivity contribution >= 4 is 10.4 Å². The number of aryl methyl sites for hydroxylation is 2. The van der Waals surface area contributed by atoms with Crippen LogP contribution in [0.25, 0.3) is 0 Å². The Hall–Kier alpha value is -1.29. The molecule has 0 atom stereocenters. The van der Waals surface area contributed by atoms with Crippen LogP contribution >= 0.6 is 0 Å². The van der Waals surface area contributed by atoms with Gasteiger partial charge in [0.15, 0.2) is 0 Å². The van der Waals surface area contributed by atoms with E-state index < -0.39 is 10.4 Å². The predicted molar refractivity (Wildman–Crippen MR) is 60.8 cm³/mol. The van der Waals surface area contributed by atoms with E-state index in [-0.39, 0.29) is 12.3 Å². The molecular formula is C9H16N2O6S. The van der Waals surface area contributed by atoms with E-state index in [9.17, 15) is 4.79 Å². The third-order valence-corrected chi connectivity index (χ3v) is 2.21. The van der Waals surface area contributed by atoms with Crippen LogP contribution in [0.1, 0.15) is 11.4 Å². The second kappa shape index (κ2) is 6.59. The average Bonchev–Trinajstić information content (AvgIpc) is 2.19. The van der Waals surface area contributed by atoms with Gasteiger partial charge in [-0.05, 0) is 13.8 Å². The summed E-state index contributed by atoms with van der Waals surface area (Å²) in [5.41, 5.74) is 1.73. The summed E-state index contributed by atoms with van der Waals surface area (Å²) in [5, 5.41) is 8.76. The maximum atomic E-state index is 11.6. The van der Waals surface area contributed by atoms with Crippen molar-refractivity contribution in [3.05, 3.63) is 27.9 Å². The molecule has 0 bridgehead atoms. The van der Waals surface area contributed by atoms with Crippen LogP contribution in [0.15, 0.2) is 10.9 Å². The lowest BCUT2D eigenvalue weighted by atomic mass is 10.3. The number of aromatic nitrogens is 2. The molecule has 1 aromatic heterocycles. The first-order valence-electron chi connectivity index (χ1n) is 4.94. The molecule has 0 amide bonds. The van der Waals surface area contributed by atoms with Crippen LogP contribution in [0, 0.1) is 13.8 Å². The molecule has 18 heavy (non-hydrogen) atoms. The lowest BCUT2D eigenvalue weighted by Gasteiger charge is -2.03. The Kier molecular flexibility index (Phi) is 6.12. The standard InChI is InChI=1S/C9H15N2O2.H2O4S/c1-7-6-8(2)11(4-5-12)9(13)10(7)3;1-5(2,3)4/h6,12H,4-5H2,1-3H3;(H2,1,2,3,4)/q+1;/p-1. The molecule has 0 aliphatic rings. The zero-order valence-corrected chi connectivity index (χ0v) is 11.1. The van der Waals surface area contributed by atoms with Crippen molar-refractivity contribution < 1.29 is 27.2 Å². The summed E-state index contributed by atoms with van der Waals surface area (Å²) in [6.07, 6.45) is 0. The van der Waals surface area contributed by atoms with Crippen molar-refractivity contribution in [1.29, 1.82) is 0 Å². The third-order valence-electron chi connectivity index (χ3n) is 2.21. The summed E-state index contributed by atoms with van der Waals surface area (Å²) >= 11 is 0. The second-order valence-corrected chi connectivity index (χ2v) is 4.43. The van der Waals surface area contributed by atoms with Crippen molar-refractivity contribution in [2.45, 2.75) is 20.4 Å². The maximum absolute atomic E-state index is 11.6. The molecule has 104 valence electrons. The van der Waals surface area contributed by atoms with Gasteiger partial charge in [-0.25, -0.2) is 8.42 Å². The molecule has 0 saturated carbocycles. The highest BCUT2D eigenvalue weighted by Gasteiger charge is 2.12. The summed E-state index contributed by atoms with van der Waals surface area (Å²) in [4.78, 5) is 11.6. The van der Waals surface area contributed by atoms with E-state index in [2.05, 4.69) is 0 Å². The fourth-order valence-corrected chi connectivity index (χ4v) is 1.33. The number of aliphatic hydroxyl groups is 1. The fraction of sp³-hybridized carbons (Fsp3) is 0.556. The van der Waals surface area contributed by atoms with Crippen molar-refractivity contribution in [2.24, 2.45) is 7.05 Å². The molecule has 0 radical (unpaired) electrons. The van der Waals surface area contributed by atoms with Gasteiger partial charge in [0.1, 0.15) is 17.9 Å². The smallest absolute Gasteiger partial charge is 0.498 e. The van der Waals surface area contributed by atoms with Crippen LogP contribution in [0.3, 0.4) is 0 Å². The lowest BCUT2D eigenvalue weighted by molar-refractivity contribution is -0.697. The van der Waals surface area contributed by atoms with E-state index in [1.165, 1.54) is 0 Å². The SMILES string of the molecule is Cc1cc(C)[n+](C)c(=O)n1CCO.O=S(=O)([O-])O. The largest absolute Gasteiger partial charge is 0.726 e. The van der Waals surface area contributed by atoms with Crippen LogP contribution in [-0.4, -0.2) is 33.8 Å². The van der Waals surface area contributed by atoms with Crippen molar-refractivity contribution in [2.75, 3.05) is 6.61 Å². The van der Waals surface area contributed by atoms with Crippen molar-refractivity contribution in [3.63, 3.8) is 0 Å². The summed E-state index contributed by atoms with van der Waals surface area (Å²) in [6, 6.07) is 1.93. The van der Waals surface area contributed by atoms with Crippen LogP contribution in [0.2, 0.25) is 0 Å². The Morgan fingerprint density at radius 3 is 2.28 bits per heavy atom. The number of nitrogens with zero attached hydrogens (tertiary/aromatic N) is 2. The highest BCUT2D eigenvalue weighted by atomic mass is 32.3. The monoisotopic (exact) mass is 280 g/mol. The molecular weight excluding hydrogens is 264 g/mol. The molecule has 9 heteroatoms. The van der Waals surface area contributed by atoms with Gasteiger partial charge in [-0.1, -0.05) is 0 Å². The first-order chi connectivity index (χ1) is 8.07. The number of hydrogen-bond acceptors (Lipinski definition) is 5. The van der Waals surface area contributed by atoms with Crippen molar-refractivity contribution in [3.8, 4) is 0 Å². The minimum absolute atomic E-state index is 0.0101.